The Morgan fingerprint density at radius 3 is 2.67 bits per heavy atom. The first-order chi connectivity index (χ1) is 15.4. The average molecular weight is 509 g/mol. The van der Waals surface area contributed by atoms with Gasteiger partial charge in [-0.1, -0.05) is 46.7 Å². The van der Waals surface area contributed by atoms with Crippen LogP contribution in [0.2, 0.25) is 5.02 Å². The molecule has 33 heavy (non-hydrogen) atoms. The topological polar surface area (TPSA) is 45.7 Å². The molecule has 1 fully saturated rings. The molecule has 0 atom stereocenters. The highest BCUT2D eigenvalue weighted by atomic mass is 35.5. The van der Waals surface area contributed by atoms with Crippen LogP contribution in [0.3, 0.4) is 0 Å². The Hall–Kier alpha value is -1.70. The van der Waals surface area contributed by atoms with Crippen molar-refractivity contribution in [1.82, 2.24) is 9.88 Å². The van der Waals surface area contributed by atoms with E-state index in [9.17, 15) is 4.79 Å². The van der Waals surface area contributed by atoms with Gasteiger partial charge in [-0.05, 0) is 56.0 Å². The zero-order valence-corrected chi connectivity index (χ0v) is 21.8. The number of aryl methyl sites for hydroxylation is 3. The molecule has 0 spiro atoms. The summed E-state index contributed by atoms with van der Waals surface area (Å²) >= 11 is 7.88. The predicted molar refractivity (Wildman–Crippen MR) is 140 cm³/mol. The van der Waals surface area contributed by atoms with Gasteiger partial charge in [0.05, 0.1) is 29.9 Å². The monoisotopic (exact) mass is 507 g/mol. The molecule has 8 heteroatoms. The number of morpholine rings is 1. The molecule has 178 valence electrons. The summed E-state index contributed by atoms with van der Waals surface area (Å²) in [6, 6.07) is 10.2. The van der Waals surface area contributed by atoms with Gasteiger partial charge in [0.15, 0.2) is 5.13 Å². The molecule has 0 aliphatic carbocycles. The lowest BCUT2D eigenvalue weighted by atomic mass is 10.0. The molecule has 1 aromatic heterocycles. The number of benzene rings is 2. The minimum absolute atomic E-state index is 0. The Balaban J connectivity index is 0.00000306. The van der Waals surface area contributed by atoms with E-state index >= 15 is 0 Å². The molecule has 2 aromatic carbocycles. The first kappa shape index (κ1) is 25.9. The molecule has 0 N–H and O–H groups in total. The number of aromatic nitrogens is 1. The van der Waals surface area contributed by atoms with Crippen molar-refractivity contribution < 1.29 is 9.53 Å². The van der Waals surface area contributed by atoms with Crippen LogP contribution in [0.5, 0.6) is 0 Å². The van der Waals surface area contributed by atoms with Gasteiger partial charge in [0.2, 0.25) is 5.91 Å². The van der Waals surface area contributed by atoms with Crippen molar-refractivity contribution >= 4 is 56.6 Å². The largest absolute Gasteiger partial charge is 0.379 e. The van der Waals surface area contributed by atoms with Crippen LogP contribution in [0.25, 0.3) is 10.2 Å². The molecule has 4 rings (SSSR count). The minimum Gasteiger partial charge on any atom is -0.379 e. The first-order valence-electron chi connectivity index (χ1n) is 11.1. The molecule has 0 unspecified atom stereocenters. The number of carbonyl (C=O) groups is 1. The maximum absolute atomic E-state index is 13.5. The second-order valence-electron chi connectivity index (χ2n) is 8.48. The Bertz CT molecular complexity index is 1110. The highest BCUT2D eigenvalue weighted by Gasteiger charge is 2.22. The number of amides is 1. The van der Waals surface area contributed by atoms with Gasteiger partial charge < -0.3 is 4.74 Å². The molecule has 0 saturated carbocycles. The van der Waals surface area contributed by atoms with E-state index in [0.717, 1.165) is 71.3 Å². The summed E-state index contributed by atoms with van der Waals surface area (Å²) < 4.78 is 6.50. The van der Waals surface area contributed by atoms with Crippen LogP contribution < -0.4 is 4.90 Å². The van der Waals surface area contributed by atoms with E-state index in [1.165, 1.54) is 5.56 Å². The second kappa shape index (κ2) is 11.6. The van der Waals surface area contributed by atoms with Crippen LogP contribution in [-0.2, 0) is 16.0 Å². The van der Waals surface area contributed by atoms with E-state index in [4.69, 9.17) is 21.3 Å². The Kier molecular flexibility index (Phi) is 9.13. The molecule has 0 bridgehead atoms. The number of ether oxygens (including phenoxy) is 1. The first-order valence-corrected chi connectivity index (χ1v) is 12.3. The minimum atomic E-state index is 0. The second-order valence-corrected chi connectivity index (χ2v) is 9.89. The number of hydrogen-bond acceptors (Lipinski definition) is 5. The van der Waals surface area contributed by atoms with E-state index in [1.54, 1.807) is 11.3 Å². The standard InChI is InChI=1S/C25H30ClN3O2S.ClH/c1-17-5-6-20(18(2)15-17)16-23(30)29(10-4-9-28-11-13-31-14-12-28)25-27-24-19(3)21(26)7-8-22(24)32-25;/h5-8,15H,4,9-14,16H2,1-3H3;1H. The van der Waals surface area contributed by atoms with Crippen molar-refractivity contribution in [2.45, 2.75) is 33.6 Å². The van der Waals surface area contributed by atoms with E-state index < -0.39 is 0 Å². The van der Waals surface area contributed by atoms with Gasteiger partial charge in [-0.15, -0.1) is 12.4 Å². The lowest BCUT2D eigenvalue weighted by Crippen LogP contribution is -2.39. The van der Waals surface area contributed by atoms with Crippen molar-refractivity contribution in [3.63, 3.8) is 0 Å². The van der Waals surface area contributed by atoms with Gasteiger partial charge in [0.25, 0.3) is 0 Å². The van der Waals surface area contributed by atoms with Crippen molar-refractivity contribution in [1.29, 1.82) is 0 Å². The van der Waals surface area contributed by atoms with Crippen molar-refractivity contribution in [3.05, 3.63) is 57.6 Å². The fourth-order valence-electron chi connectivity index (χ4n) is 4.11. The van der Waals surface area contributed by atoms with Crippen LogP contribution >= 0.6 is 35.3 Å². The summed E-state index contributed by atoms with van der Waals surface area (Å²) in [5, 5.41) is 1.46. The van der Waals surface area contributed by atoms with Crippen LogP contribution in [0.1, 0.15) is 28.7 Å². The quantitative estimate of drug-likeness (QED) is 0.417. The van der Waals surface area contributed by atoms with Crippen LogP contribution in [0.4, 0.5) is 5.13 Å². The molecule has 0 radical (unpaired) electrons. The van der Waals surface area contributed by atoms with Crippen molar-refractivity contribution in [2.75, 3.05) is 44.3 Å². The molecule has 1 aliphatic rings. The number of nitrogens with zero attached hydrogens (tertiary/aromatic N) is 3. The molecular weight excluding hydrogens is 477 g/mol. The zero-order valence-electron chi connectivity index (χ0n) is 19.4. The van der Waals surface area contributed by atoms with E-state index in [-0.39, 0.29) is 18.3 Å². The molecule has 3 aromatic rings. The third-order valence-corrected chi connectivity index (χ3v) is 7.52. The Morgan fingerprint density at radius 2 is 1.94 bits per heavy atom. The van der Waals surface area contributed by atoms with Crippen molar-refractivity contribution in [2.24, 2.45) is 0 Å². The molecule has 1 amide bonds. The van der Waals surface area contributed by atoms with Gasteiger partial charge in [-0.2, -0.15) is 0 Å². The number of rotatable bonds is 7. The molecule has 1 saturated heterocycles. The van der Waals surface area contributed by atoms with E-state index in [1.807, 2.05) is 24.0 Å². The maximum Gasteiger partial charge on any atom is 0.233 e. The number of fused-ring (bicyclic) bond motifs is 1. The zero-order chi connectivity index (χ0) is 22.7. The number of halogens is 2. The third kappa shape index (κ3) is 6.25. The molecule has 1 aliphatic heterocycles. The summed E-state index contributed by atoms with van der Waals surface area (Å²) in [5.74, 6) is 0.0849. The van der Waals surface area contributed by atoms with Gasteiger partial charge >= 0.3 is 0 Å². The number of thiazole rings is 1. The highest BCUT2D eigenvalue weighted by molar-refractivity contribution is 7.22. The average Bonchev–Trinajstić information content (AvgIpc) is 3.21. The lowest BCUT2D eigenvalue weighted by molar-refractivity contribution is -0.118. The predicted octanol–water partition coefficient (Wildman–Crippen LogP) is 5.59. The van der Waals surface area contributed by atoms with E-state index in [2.05, 4.69) is 36.9 Å². The lowest BCUT2D eigenvalue weighted by Gasteiger charge is -2.27. The molecule has 2 heterocycles. The third-order valence-electron chi connectivity index (χ3n) is 6.07. The highest BCUT2D eigenvalue weighted by Crippen LogP contribution is 2.34. The Morgan fingerprint density at radius 1 is 1.18 bits per heavy atom. The fraction of sp³-hybridized carbons (Fsp3) is 0.440. The van der Waals surface area contributed by atoms with Gasteiger partial charge in [0, 0.05) is 31.2 Å². The van der Waals surface area contributed by atoms with Crippen molar-refractivity contribution in [3.8, 4) is 0 Å². The summed E-state index contributed by atoms with van der Waals surface area (Å²) in [6.45, 7) is 11.2. The SMILES string of the molecule is Cc1ccc(CC(=O)N(CCCN2CCOCC2)c2nc3c(C)c(Cl)ccc3s2)c(C)c1.Cl. The number of hydrogen-bond donors (Lipinski definition) is 0. The van der Waals surface area contributed by atoms with Crippen LogP contribution in [-0.4, -0.2) is 55.2 Å². The summed E-state index contributed by atoms with van der Waals surface area (Å²) in [5.41, 5.74) is 5.27. The summed E-state index contributed by atoms with van der Waals surface area (Å²) in [7, 11) is 0. The Labute approximate surface area is 211 Å². The van der Waals surface area contributed by atoms with E-state index in [0.29, 0.717) is 18.0 Å². The normalized spacial score (nSPS) is 14.3. The van der Waals surface area contributed by atoms with Crippen LogP contribution in [0.15, 0.2) is 30.3 Å². The van der Waals surface area contributed by atoms with Crippen LogP contribution in [0, 0.1) is 20.8 Å². The summed E-state index contributed by atoms with van der Waals surface area (Å²) in [6.07, 6.45) is 1.27. The molecular formula is C25H31Cl2N3O2S. The number of anilines is 1. The number of carbonyl (C=O) groups excluding carboxylic acids is 1. The van der Waals surface area contributed by atoms with Gasteiger partial charge in [0.1, 0.15) is 0 Å². The van der Waals surface area contributed by atoms with Gasteiger partial charge in [-0.25, -0.2) is 4.98 Å². The smallest absolute Gasteiger partial charge is 0.233 e. The van der Waals surface area contributed by atoms with Gasteiger partial charge in [-0.3, -0.25) is 14.6 Å². The fourth-order valence-corrected chi connectivity index (χ4v) is 5.33. The maximum atomic E-state index is 13.5. The molecule has 5 nitrogen and oxygen atoms in total. The summed E-state index contributed by atoms with van der Waals surface area (Å²) in [4.78, 5) is 22.6.